The predicted molar refractivity (Wildman–Crippen MR) is 70.2 cm³/mol. The number of rotatable bonds is 10. The van der Waals surface area contributed by atoms with Gasteiger partial charge in [-0.25, -0.2) is 0 Å². The summed E-state index contributed by atoms with van der Waals surface area (Å²) in [6.45, 7) is 6.46. The second-order valence-corrected chi connectivity index (χ2v) is 3.89. The second kappa shape index (κ2) is 13.4. The highest BCUT2D eigenvalue weighted by Crippen LogP contribution is 1.94. The molecule has 0 aromatic carbocycles. The molecule has 0 aliphatic heterocycles. The van der Waals surface area contributed by atoms with E-state index in [1.807, 2.05) is 0 Å². The van der Waals surface area contributed by atoms with Crippen molar-refractivity contribution in [2.45, 2.75) is 52.4 Å². The summed E-state index contributed by atoms with van der Waals surface area (Å²) in [6.07, 6.45) is 16.7. The Balaban J connectivity index is 3.10. The summed E-state index contributed by atoms with van der Waals surface area (Å²) in [5.74, 6) is 0. The van der Waals surface area contributed by atoms with Crippen LogP contribution in [0.5, 0.6) is 0 Å². The predicted octanol–water partition coefficient (Wildman–Crippen LogP) is 4.07. The van der Waals surface area contributed by atoms with Crippen molar-refractivity contribution >= 4 is 0 Å². The average Bonchev–Trinajstić information content (AvgIpc) is 2.26. The van der Waals surface area contributed by atoms with Crippen LogP contribution in [0.15, 0.2) is 24.3 Å². The van der Waals surface area contributed by atoms with Crippen molar-refractivity contribution in [3.63, 3.8) is 0 Å². The van der Waals surface area contributed by atoms with E-state index in [4.69, 9.17) is 0 Å². The van der Waals surface area contributed by atoms with Gasteiger partial charge in [-0.05, 0) is 12.8 Å². The fourth-order valence-electron chi connectivity index (χ4n) is 1.30. The Morgan fingerprint density at radius 1 is 0.733 bits per heavy atom. The highest BCUT2D eigenvalue weighted by Gasteiger charge is 1.80. The molecule has 1 N–H and O–H groups in total. The van der Waals surface area contributed by atoms with E-state index in [-0.39, 0.29) is 0 Å². The first-order valence-corrected chi connectivity index (χ1v) is 6.42. The highest BCUT2D eigenvalue weighted by molar-refractivity contribution is 4.87. The molecular weight excluding hydrogens is 182 g/mol. The molecule has 0 unspecified atom stereocenters. The maximum atomic E-state index is 3.37. The quantitative estimate of drug-likeness (QED) is 0.422. The molecule has 0 bridgehead atoms. The van der Waals surface area contributed by atoms with Gasteiger partial charge in [-0.2, -0.15) is 0 Å². The molecule has 0 fully saturated rings. The van der Waals surface area contributed by atoms with Crippen LogP contribution in [0.4, 0.5) is 0 Å². The zero-order valence-electron chi connectivity index (χ0n) is 10.5. The summed E-state index contributed by atoms with van der Waals surface area (Å²) in [4.78, 5) is 0. The standard InChI is InChI=1S/C14H27N/c1-3-5-7-9-11-13-15-14-12-10-8-6-4-2/h9-12,15H,3-8,13-14H2,1-2H3. The number of hydrogen-bond acceptors (Lipinski definition) is 1. The van der Waals surface area contributed by atoms with E-state index in [1.165, 1.54) is 38.5 Å². The number of nitrogens with one attached hydrogen (secondary N) is 1. The molecular formula is C14H27N. The third-order valence-corrected chi connectivity index (χ3v) is 2.31. The lowest BCUT2D eigenvalue weighted by Gasteiger charge is -1.95. The van der Waals surface area contributed by atoms with Crippen LogP contribution in [0.1, 0.15) is 52.4 Å². The summed E-state index contributed by atoms with van der Waals surface area (Å²) >= 11 is 0. The Kier molecular flexibility index (Phi) is 12.9. The number of hydrogen-bond donors (Lipinski definition) is 1. The Morgan fingerprint density at radius 2 is 1.20 bits per heavy atom. The molecule has 0 amide bonds. The molecule has 0 aromatic rings. The molecule has 0 radical (unpaired) electrons. The van der Waals surface area contributed by atoms with Crippen LogP contribution in [0.25, 0.3) is 0 Å². The smallest absolute Gasteiger partial charge is 0.0137 e. The molecule has 15 heavy (non-hydrogen) atoms. The summed E-state index contributed by atoms with van der Waals surface area (Å²) in [7, 11) is 0. The van der Waals surface area contributed by atoms with Crippen LogP contribution in [0, 0.1) is 0 Å². The van der Waals surface area contributed by atoms with E-state index in [0.717, 1.165) is 13.1 Å². The maximum Gasteiger partial charge on any atom is 0.0137 e. The summed E-state index contributed by atoms with van der Waals surface area (Å²) in [5, 5.41) is 3.37. The molecule has 0 rings (SSSR count). The molecule has 0 atom stereocenters. The van der Waals surface area contributed by atoms with Gasteiger partial charge in [0.15, 0.2) is 0 Å². The van der Waals surface area contributed by atoms with Gasteiger partial charge in [-0.1, -0.05) is 63.8 Å². The van der Waals surface area contributed by atoms with Crippen LogP contribution in [-0.4, -0.2) is 13.1 Å². The molecule has 0 spiro atoms. The van der Waals surface area contributed by atoms with E-state index in [9.17, 15) is 0 Å². The van der Waals surface area contributed by atoms with Gasteiger partial charge in [-0.3, -0.25) is 0 Å². The minimum absolute atomic E-state index is 1.00. The first-order valence-electron chi connectivity index (χ1n) is 6.42. The van der Waals surface area contributed by atoms with Gasteiger partial charge >= 0.3 is 0 Å². The van der Waals surface area contributed by atoms with Gasteiger partial charge in [0.1, 0.15) is 0 Å². The normalized spacial score (nSPS) is 11.9. The Labute approximate surface area is 95.7 Å². The van der Waals surface area contributed by atoms with Crippen molar-refractivity contribution < 1.29 is 0 Å². The fraction of sp³-hybridized carbons (Fsp3) is 0.714. The molecule has 0 aliphatic rings. The van der Waals surface area contributed by atoms with Crippen molar-refractivity contribution in [1.29, 1.82) is 0 Å². The molecule has 0 heterocycles. The monoisotopic (exact) mass is 209 g/mol. The Hall–Kier alpha value is -0.560. The zero-order chi connectivity index (χ0) is 11.2. The van der Waals surface area contributed by atoms with Gasteiger partial charge in [-0.15, -0.1) is 0 Å². The van der Waals surface area contributed by atoms with Crippen molar-refractivity contribution in [3.8, 4) is 0 Å². The minimum Gasteiger partial charge on any atom is -0.310 e. The van der Waals surface area contributed by atoms with Crippen LogP contribution in [-0.2, 0) is 0 Å². The highest BCUT2D eigenvalue weighted by atomic mass is 14.8. The second-order valence-electron chi connectivity index (χ2n) is 3.89. The molecule has 0 saturated carbocycles. The van der Waals surface area contributed by atoms with Crippen LogP contribution < -0.4 is 5.32 Å². The van der Waals surface area contributed by atoms with E-state index in [0.29, 0.717) is 0 Å². The average molecular weight is 209 g/mol. The molecule has 0 saturated heterocycles. The topological polar surface area (TPSA) is 12.0 Å². The lowest BCUT2D eigenvalue weighted by Crippen LogP contribution is -2.12. The molecule has 88 valence electrons. The van der Waals surface area contributed by atoms with Crippen LogP contribution in [0.2, 0.25) is 0 Å². The van der Waals surface area contributed by atoms with Crippen molar-refractivity contribution in [3.05, 3.63) is 24.3 Å². The van der Waals surface area contributed by atoms with Crippen LogP contribution >= 0.6 is 0 Å². The fourth-order valence-corrected chi connectivity index (χ4v) is 1.30. The minimum atomic E-state index is 1.00. The SMILES string of the molecule is CCCCC=CCNCC=CCCCC. The van der Waals surface area contributed by atoms with Gasteiger partial charge in [0.25, 0.3) is 0 Å². The first-order chi connectivity index (χ1) is 7.41. The first kappa shape index (κ1) is 14.4. The molecule has 1 nitrogen and oxygen atoms in total. The largest absolute Gasteiger partial charge is 0.310 e. The third-order valence-electron chi connectivity index (χ3n) is 2.31. The number of allylic oxidation sites excluding steroid dienone is 2. The lowest BCUT2D eigenvalue weighted by molar-refractivity contribution is 0.795. The summed E-state index contributed by atoms with van der Waals surface area (Å²) in [5.41, 5.74) is 0. The summed E-state index contributed by atoms with van der Waals surface area (Å²) < 4.78 is 0. The van der Waals surface area contributed by atoms with Gasteiger partial charge in [0.05, 0.1) is 0 Å². The Bertz CT molecular complexity index is 141. The van der Waals surface area contributed by atoms with E-state index in [1.54, 1.807) is 0 Å². The molecule has 1 heteroatoms. The van der Waals surface area contributed by atoms with Crippen molar-refractivity contribution in [2.24, 2.45) is 0 Å². The summed E-state index contributed by atoms with van der Waals surface area (Å²) in [6, 6.07) is 0. The third kappa shape index (κ3) is 13.4. The van der Waals surface area contributed by atoms with E-state index in [2.05, 4.69) is 43.5 Å². The van der Waals surface area contributed by atoms with Gasteiger partial charge in [0, 0.05) is 13.1 Å². The lowest BCUT2D eigenvalue weighted by atomic mass is 10.2. The van der Waals surface area contributed by atoms with Gasteiger partial charge in [0.2, 0.25) is 0 Å². The van der Waals surface area contributed by atoms with E-state index >= 15 is 0 Å². The number of unbranched alkanes of at least 4 members (excludes halogenated alkanes) is 4. The van der Waals surface area contributed by atoms with Crippen molar-refractivity contribution in [1.82, 2.24) is 5.32 Å². The van der Waals surface area contributed by atoms with Gasteiger partial charge < -0.3 is 5.32 Å². The molecule has 0 aliphatic carbocycles. The Morgan fingerprint density at radius 3 is 1.60 bits per heavy atom. The maximum absolute atomic E-state index is 3.37. The van der Waals surface area contributed by atoms with E-state index < -0.39 is 0 Å². The van der Waals surface area contributed by atoms with Crippen LogP contribution in [0.3, 0.4) is 0 Å². The zero-order valence-corrected chi connectivity index (χ0v) is 10.5. The molecule has 0 aromatic heterocycles. The van der Waals surface area contributed by atoms with Crippen molar-refractivity contribution in [2.75, 3.05) is 13.1 Å².